The molecule has 0 radical (unpaired) electrons. The lowest BCUT2D eigenvalue weighted by Crippen LogP contribution is -2.45. The van der Waals surface area contributed by atoms with E-state index in [1.807, 2.05) is 0 Å². The number of aliphatic carboxylic acids is 3. The van der Waals surface area contributed by atoms with Gasteiger partial charge in [-0.15, -0.1) is 0 Å². The Bertz CT molecular complexity index is 734. The van der Waals surface area contributed by atoms with Crippen LogP contribution in [-0.2, 0) is 19.2 Å². The molecule has 1 aromatic rings. The zero-order valence-corrected chi connectivity index (χ0v) is 15.2. The fraction of sp³-hybridized carbons (Fsp3) is 0.389. The van der Waals surface area contributed by atoms with Crippen molar-refractivity contribution in [1.82, 2.24) is 10.2 Å². The lowest BCUT2D eigenvalue weighted by atomic mass is 10.1. The maximum atomic E-state index is 12.2. The predicted molar refractivity (Wildman–Crippen MR) is 95.6 cm³/mol. The van der Waals surface area contributed by atoms with Crippen LogP contribution < -0.4 is 5.32 Å². The Hall–Kier alpha value is -3.43. The monoisotopic (exact) mass is 394 g/mol. The third-order valence-electron chi connectivity index (χ3n) is 4.06. The molecule has 28 heavy (non-hydrogen) atoms. The number of carboxylic acids is 3. The van der Waals surface area contributed by atoms with E-state index in [9.17, 15) is 34.2 Å². The highest BCUT2D eigenvalue weighted by Gasteiger charge is 2.28. The van der Waals surface area contributed by atoms with Gasteiger partial charge in [-0.1, -0.05) is 18.2 Å². The molecule has 2 atom stereocenters. The third-order valence-corrected chi connectivity index (χ3v) is 4.06. The molecular formula is C18H22N2O8. The number of hydrogen-bond donors (Lipinski definition) is 4. The van der Waals surface area contributed by atoms with E-state index < -0.39 is 48.2 Å². The van der Waals surface area contributed by atoms with Crippen molar-refractivity contribution in [3.05, 3.63) is 35.9 Å². The summed E-state index contributed by atoms with van der Waals surface area (Å²) in [7, 11) is 1.21. The van der Waals surface area contributed by atoms with Gasteiger partial charge in [0, 0.05) is 25.5 Å². The summed E-state index contributed by atoms with van der Waals surface area (Å²) in [5.74, 6) is -5.16. The maximum absolute atomic E-state index is 12.2. The van der Waals surface area contributed by atoms with Gasteiger partial charge in [-0.2, -0.15) is 0 Å². The molecule has 4 N–H and O–H groups in total. The number of carbonyl (C=O) groups excluding carboxylic acids is 2. The standard InChI is InChI=1S/C18H22N2O8/c1-20(13(18(27)28)8-10-15(22)23)14(21)9-7-12(17(25)26)19-16(24)11-5-3-2-4-6-11/h2-6,12-13H,7-10H2,1H3,(H,19,24)(H,22,23)(H,25,26)(H,27,28)/t12-,13-/m0/s1. The highest BCUT2D eigenvalue weighted by Crippen LogP contribution is 2.10. The molecule has 1 rings (SSSR count). The van der Waals surface area contributed by atoms with Gasteiger partial charge in [0.15, 0.2) is 0 Å². The van der Waals surface area contributed by atoms with E-state index in [4.69, 9.17) is 5.11 Å². The van der Waals surface area contributed by atoms with E-state index in [0.717, 1.165) is 4.90 Å². The van der Waals surface area contributed by atoms with Crippen molar-refractivity contribution in [2.45, 2.75) is 37.8 Å². The average Bonchev–Trinajstić information content (AvgIpc) is 2.64. The Kier molecular flexibility index (Phi) is 8.60. The van der Waals surface area contributed by atoms with Gasteiger partial charge in [0.05, 0.1) is 0 Å². The molecule has 0 aliphatic heterocycles. The minimum Gasteiger partial charge on any atom is -0.481 e. The van der Waals surface area contributed by atoms with Crippen molar-refractivity contribution in [2.75, 3.05) is 7.05 Å². The molecule has 10 nitrogen and oxygen atoms in total. The fourth-order valence-electron chi connectivity index (χ4n) is 2.45. The van der Waals surface area contributed by atoms with E-state index in [1.54, 1.807) is 18.2 Å². The smallest absolute Gasteiger partial charge is 0.326 e. The van der Waals surface area contributed by atoms with Crippen LogP contribution in [0.2, 0.25) is 0 Å². The molecule has 0 unspecified atom stereocenters. The number of rotatable bonds is 11. The van der Waals surface area contributed by atoms with E-state index in [1.165, 1.54) is 19.2 Å². The second kappa shape index (κ2) is 10.7. The summed E-state index contributed by atoms with van der Waals surface area (Å²) in [5.41, 5.74) is 0.261. The number of carboxylic acid groups (broad SMARTS) is 3. The van der Waals surface area contributed by atoms with Gasteiger partial charge in [0.1, 0.15) is 12.1 Å². The second-order valence-corrected chi connectivity index (χ2v) is 6.06. The Balaban J connectivity index is 2.69. The number of hydrogen-bond acceptors (Lipinski definition) is 5. The SMILES string of the molecule is CN(C(=O)CC[C@H](NC(=O)c1ccccc1)C(=O)O)[C@@H](CCC(=O)O)C(=O)O. The minimum atomic E-state index is -1.36. The molecule has 0 spiro atoms. The van der Waals surface area contributed by atoms with Crippen LogP contribution >= 0.6 is 0 Å². The van der Waals surface area contributed by atoms with Crippen LogP contribution in [0.3, 0.4) is 0 Å². The topological polar surface area (TPSA) is 161 Å². The average molecular weight is 394 g/mol. The maximum Gasteiger partial charge on any atom is 0.326 e. The number of benzene rings is 1. The molecule has 0 bridgehead atoms. The van der Waals surface area contributed by atoms with Gasteiger partial charge in [0.2, 0.25) is 5.91 Å². The lowest BCUT2D eigenvalue weighted by molar-refractivity contribution is -0.150. The summed E-state index contributed by atoms with van der Waals surface area (Å²) in [4.78, 5) is 58.5. The third kappa shape index (κ3) is 7.06. The van der Waals surface area contributed by atoms with Gasteiger partial charge >= 0.3 is 17.9 Å². The highest BCUT2D eigenvalue weighted by molar-refractivity contribution is 5.96. The van der Waals surface area contributed by atoms with Crippen molar-refractivity contribution >= 4 is 29.7 Å². The van der Waals surface area contributed by atoms with E-state index in [-0.39, 0.29) is 24.8 Å². The Labute approximate surface area is 160 Å². The summed E-state index contributed by atoms with van der Waals surface area (Å²) in [6, 6.07) is 5.26. The van der Waals surface area contributed by atoms with Crippen LogP contribution in [0, 0.1) is 0 Å². The first-order chi connectivity index (χ1) is 13.1. The highest BCUT2D eigenvalue weighted by atomic mass is 16.4. The van der Waals surface area contributed by atoms with Crippen molar-refractivity contribution in [1.29, 1.82) is 0 Å². The molecular weight excluding hydrogens is 372 g/mol. The second-order valence-electron chi connectivity index (χ2n) is 6.06. The molecule has 0 aromatic heterocycles. The zero-order valence-electron chi connectivity index (χ0n) is 15.2. The van der Waals surface area contributed by atoms with Gasteiger partial charge in [-0.25, -0.2) is 9.59 Å². The lowest BCUT2D eigenvalue weighted by Gasteiger charge is -2.25. The summed E-state index contributed by atoms with van der Waals surface area (Å²) in [6.45, 7) is 0. The number of nitrogens with one attached hydrogen (secondary N) is 1. The van der Waals surface area contributed by atoms with Crippen LogP contribution in [0.5, 0.6) is 0 Å². The van der Waals surface area contributed by atoms with E-state index in [2.05, 4.69) is 5.32 Å². The van der Waals surface area contributed by atoms with Crippen molar-refractivity contribution in [2.24, 2.45) is 0 Å². The van der Waals surface area contributed by atoms with Gasteiger partial charge < -0.3 is 25.5 Å². The van der Waals surface area contributed by atoms with Crippen LogP contribution in [0.4, 0.5) is 0 Å². The number of likely N-dealkylation sites (N-methyl/N-ethyl adjacent to an activating group) is 1. The molecule has 1 aromatic carbocycles. The van der Waals surface area contributed by atoms with E-state index >= 15 is 0 Å². The largest absolute Gasteiger partial charge is 0.481 e. The Morgan fingerprint density at radius 2 is 1.54 bits per heavy atom. The molecule has 0 heterocycles. The number of nitrogens with zero attached hydrogens (tertiary/aromatic N) is 1. The Morgan fingerprint density at radius 1 is 0.929 bits per heavy atom. The first-order valence-corrected chi connectivity index (χ1v) is 8.42. The van der Waals surface area contributed by atoms with Crippen molar-refractivity contribution in [3.8, 4) is 0 Å². The normalized spacial score (nSPS) is 12.5. The molecule has 0 aliphatic rings. The summed E-state index contributed by atoms with van der Waals surface area (Å²) in [5, 5.41) is 29.4. The van der Waals surface area contributed by atoms with Gasteiger partial charge in [-0.3, -0.25) is 14.4 Å². The minimum absolute atomic E-state index is 0.248. The van der Waals surface area contributed by atoms with Gasteiger partial charge in [-0.05, 0) is 25.0 Å². The molecule has 10 heteroatoms. The Morgan fingerprint density at radius 3 is 2.04 bits per heavy atom. The quantitative estimate of drug-likeness (QED) is 0.420. The van der Waals surface area contributed by atoms with Crippen molar-refractivity contribution < 1.29 is 39.3 Å². The molecule has 0 saturated carbocycles. The number of amides is 2. The van der Waals surface area contributed by atoms with Crippen LogP contribution in [0.25, 0.3) is 0 Å². The summed E-state index contributed by atoms with van der Waals surface area (Å²) >= 11 is 0. The molecule has 152 valence electrons. The molecule has 2 amide bonds. The summed E-state index contributed by atoms with van der Waals surface area (Å²) < 4.78 is 0. The summed E-state index contributed by atoms with van der Waals surface area (Å²) in [6.07, 6.45) is -1.29. The number of carbonyl (C=O) groups is 5. The first kappa shape index (κ1) is 22.6. The first-order valence-electron chi connectivity index (χ1n) is 8.42. The predicted octanol–water partition coefficient (Wildman–Crippen LogP) is 0.426. The van der Waals surface area contributed by atoms with E-state index in [0.29, 0.717) is 0 Å². The zero-order chi connectivity index (χ0) is 21.3. The fourth-order valence-corrected chi connectivity index (χ4v) is 2.45. The molecule has 0 aliphatic carbocycles. The molecule has 0 saturated heterocycles. The van der Waals surface area contributed by atoms with Crippen LogP contribution in [-0.4, -0.2) is 69.1 Å². The van der Waals surface area contributed by atoms with Crippen molar-refractivity contribution in [3.63, 3.8) is 0 Å². The van der Waals surface area contributed by atoms with Crippen LogP contribution in [0.1, 0.15) is 36.0 Å². The van der Waals surface area contributed by atoms with Gasteiger partial charge in [0.25, 0.3) is 5.91 Å². The molecule has 0 fully saturated rings. The van der Waals surface area contributed by atoms with Crippen LogP contribution in [0.15, 0.2) is 30.3 Å².